The number of nitro benzene ring substituents is 1. The van der Waals surface area contributed by atoms with Gasteiger partial charge in [0.15, 0.2) is 4.90 Å². The summed E-state index contributed by atoms with van der Waals surface area (Å²) in [6.45, 7) is 0.205. The number of nitrogens with zero attached hydrogens (tertiary/aromatic N) is 3. The first-order valence-electron chi connectivity index (χ1n) is 12.6. The molecule has 10 nitrogen and oxygen atoms in total. The fourth-order valence-electron chi connectivity index (χ4n) is 6.22. The Balaban J connectivity index is 1.49. The van der Waals surface area contributed by atoms with Gasteiger partial charge in [0.1, 0.15) is 17.4 Å². The molecule has 0 unspecified atom stereocenters. The van der Waals surface area contributed by atoms with Crippen molar-refractivity contribution in [2.24, 2.45) is 5.92 Å². The van der Waals surface area contributed by atoms with Crippen molar-refractivity contribution < 1.29 is 27.3 Å². The van der Waals surface area contributed by atoms with E-state index in [4.69, 9.17) is 9.15 Å². The van der Waals surface area contributed by atoms with Crippen molar-refractivity contribution in [3.05, 3.63) is 94.4 Å². The number of nitro groups is 1. The van der Waals surface area contributed by atoms with Crippen LogP contribution in [0.15, 0.2) is 82.3 Å². The lowest BCUT2D eigenvalue weighted by molar-refractivity contribution is -0.387. The second-order valence-electron chi connectivity index (χ2n) is 10.1. The van der Waals surface area contributed by atoms with Crippen LogP contribution in [-0.4, -0.2) is 53.4 Å². The fraction of sp³-hybridized carbons (Fsp3) is 0.370. The largest absolute Gasteiger partial charge is 0.469 e. The highest BCUT2D eigenvalue weighted by Gasteiger charge is 2.66. The number of carbonyl (C=O) groups is 1. The summed E-state index contributed by atoms with van der Waals surface area (Å²) in [5.74, 6) is -0.0685. The van der Waals surface area contributed by atoms with Gasteiger partial charge in [0.25, 0.3) is 5.69 Å². The molecule has 0 spiro atoms. The summed E-state index contributed by atoms with van der Waals surface area (Å²) in [5.41, 5.74) is -0.545. The van der Waals surface area contributed by atoms with Gasteiger partial charge < -0.3 is 9.15 Å². The molecule has 2 aromatic carbocycles. The van der Waals surface area contributed by atoms with E-state index in [1.54, 1.807) is 17.0 Å². The Hall–Kier alpha value is -3.70. The van der Waals surface area contributed by atoms with Crippen LogP contribution in [0.5, 0.6) is 0 Å². The van der Waals surface area contributed by atoms with Crippen LogP contribution in [0.2, 0.25) is 0 Å². The molecule has 3 heterocycles. The first-order valence-corrected chi connectivity index (χ1v) is 14.1. The van der Waals surface area contributed by atoms with Gasteiger partial charge in [0.2, 0.25) is 10.0 Å². The van der Waals surface area contributed by atoms with Crippen LogP contribution >= 0.6 is 0 Å². The smallest absolute Gasteiger partial charge is 0.411 e. The zero-order valence-corrected chi connectivity index (χ0v) is 21.3. The number of hydrogen-bond acceptors (Lipinski definition) is 7. The fourth-order valence-corrected chi connectivity index (χ4v) is 7.89. The number of benzene rings is 2. The molecule has 6 rings (SSSR count). The van der Waals surface area contributed by atoms with Crippen molar-refractivity contribution in [2.45, 2.75) is 48.3 Å². The summed E-state index contributed by atoms with van der Waals surface area (Å²) in [5, 5.41) is 11.7. The summed E-state index contributed by atoms with van der Waals surface area (Å²) in [6, 6.07) is 18.4. The van der Waals surface area contributed by atoms with Crippen molar-refractivity contribution in [3.8, 4) is 0 Å². The molecule has 3 aromatic rings. The van der Waals surface area contributed by atoms with Crippen molar-refractivity contribution in [1.82, 2.24) is 9.21 Å². The number of rotatable bonds is 7. The van der Waals surface area contributed by atoms with E-state index < -0.39 is 44.3 Å². The lowest BCUT2D eigenvalue weighted by atomic mass is 9.63. The maximum absolute atomic E-state index is 14.1. The Morgan fingerprint density at radius 1 is 1.03 bits per heavy atom. The van der Waals surface area contributed by atoms with Crippen molar-refractivity contribution in [2.75, 3.05) is 13.1 Å². The normalized spacial score (nSPS) is 26.0. The molecule has 2 aliphatic heterocycles. The van der Waals surface area contributed by atoms with E-state index in [-0.39, 0.29) is 30.4 Å². The third-order valence-electron chi connectivity index (χ3n) is 8.22. The van der Waals surface area contributed by atoms with Gasteiger partial charge >= 0.3 is 6.09 Å². The zero-order chi connectivity index (χ0) is 26.5. The Morgan fingerprint density at radius 3 is 2.42 bits per heavy atom. The number of fused-ring (bicyclic) bond motifs is 1. The molecule has 11 heteroatoms. The molecule has 1 aromatic heterocycles. The number of para-hydroxylation sites is 1. The molecular weight excluding hydrogens is 510 g/mol. The van der Waals surface area contributed by atoms with E-state index in [0.717, 1.165) is 24.8 Å². The molecule has 1 aliphatic carbocycles. The first kappa shape index (κ1) is 24.6. The average Bonchev–Trinajstić information content (AvgIpc) is 3.51. The first-order chi connectivity index (χ1) is 18.3. The minimum absolute atomic E-state index is 0.00360. The molecule has 0 N–H and O–H groups in total. The quantitative estimate of drug-likeness (QED) is 0.320. The molecule has 0 bridgehead atoms. The van der Waals surface area contributed by atoms with Gasteiger partial charge in [-0.25, -0.2) is 13.2 Å². The molecule has 3 aliphatic rings. The number of carbonyl (C=O) groups excluding carboxylic acids is 1. The number of sulfonamides is 1. The molecule has 3 atom stereocenters. The minimum Gasteiger partial charge on any atom is -0.469 e. The van der Waals surface area contributed by atoms with E-state index in [9.17, 15) is 23.3 Å². The van der Waals surface area contributed by atoms with Gasteiger partial charge in [-0.1, -0.05) is 48.9 Å². The van der Waals surface area contributed by atoms with E-state index in [0.29, 0.717) is 5.76 Å². The van der Waals surface area contributed by atoms with Crippen LogP contribution in [-0.2, 0) is 21.3 Å². The molecule has 3 fully saturated rings. The lowest BCUT2D eigenvalue weighted by Crippen LogP contribution is -2.69. The van der Waals surface area contributed by atoms with E-state index >= 15 is 0 Å². The van der Waals surface area contributed by atoms with E-state index in [1.165, 1.54) is 34.8 Å². The maximum atomic E-state index is 14.1. The van der Waals surface area contributed by atoms with Crippen molar-refractivity contribution in [1.29, 1.82) is 0 Å². The van der Waals surface area contributed by atoms with Gasteiger partial charge in [-0.15, -0.1) is 0 Å². The van der Waals surface area contributed by atoms with Gasteiger partial charge in [-0.05, 0) is 42.5 Å². The van der Waals surface area contributed by atoms with Gasteiger partial charge in [-0.3, -0.25) is 15.0 Å². The number of amides is 1. The molecule has 38 heavy (non-hydrogen) atoms. The Kier molecular flexibility index (Phi) is 5.99. The monoisotopic (exact) mass is 537 g/mol. The average molecular weight is 538 g/mol. The highest BCUT2D eigenvalue weighted by molar-refractivity contribution is 7.89. The van der Waals surface area contributed by atoms with Crippen LogP contribution in [0.3, 0.4) is 0 Å². The predicted octanol–water partition coefficient (Wildman–Crippen LogP) is 4.54. The third-order valence-corrected chi connectivity index (χ3v) is 10.1. The standard InChI is InChI=1S/C27H27N3O7S/c31-26-29(16-19-8-2-1-3-9-19)27(20-10-6-11-20)18-28(17-21(25(27)37-26)23-13-7-15-36-23)38(34,35)24-14-5-4-12-22(24)30(32)33/h1-5,7-9,12-15,20-21,25H,6,10-11,16-18H2/t21-,25+,27+/m1/s1. The van der Waals surface area contributed by atoms with Crippen LogP contribution in [0.4, 0.5) is 10.5 Å². The van der Waals surface area contributed by atoms with Crippen LogP contribution in [0.1, 0.15) is 36.5 Å². The van der Waals surface area contributed by atoms with Crippen LogP contribution < -0.4 is 0 Å². The summed E-state index contributed by atoms with van der Waals surface area (Å²) in [7, 11) is -4.31. The van der Waals surface area contributed by atoms with E-state index in [2.05, 4.69) is 0 Å². The second kappa shape index (κ2) is 9.25. The van der Waals surface area contributed by atoms with Gasteiger partial charge in [0.05, 0.1) is 17.1 Å². The van der Waals surface area contributed by atoms with Crippen LogP contribution in [0, 0.1) is 16.0 Å². The summed E-state index contributed by atoms with van der Waals surface area (Å²) in [4.78, 5) is 25.9. The highest BCUT2D eigenvalue weighted by atomic mass is 32.2. The molecular formula is C27H27N3O7S. The number of piperidine rings is 1. The highest BCUT2D eigenvalue weighted by Crippen LogP contribution is 2.54. The molecule has 2 saturated heterocycles. The molecule has 198 valence electrons. The SMILES string of the molecule is O=C1O[C@H]2[C@@H](c3ccco3)CN(S(=O)(=O)c3ccccc3[N+](=O)[O-])C[C@@]2(C2CCC2)N1Cc1ccccc1. The number of hydrogen-bond donors (Lipinski definition) is 0. The molecule has 0 radical (unpaired) electrons. The Morgan fingerprint density at radius 2 is 1.76 bits per heavy atom. The molecule has 1 amide bonds. The third kappa shape index (κ3) is 3.80. The predicted molar refractivity (Wildman–Crippen MR) is 136 cm³/mol. The Labute approximate surface area is 220 Å². The van der Waals surface area contributed by atoms with Crippen molar-refractivity contribution >= 4 is 21.8 Å². The molecule has 1 saturated carbocycles. The maximum Gasteiger partial charge on any atom is 0.411 e. The van der Waals surface area contributed by atoms with Crippen LogP contribution in [0.25, 0.3) is 0 Å². The van der Waals surface area contributed by atoms with Gasteiger partial charge in [-0.2, -0.15) is 4.31 Å². The second-order valence-corrected chi connectivity index (χ2v) is 12.0. The number of furan rings is 1. The van der Waals surface area contributed by atoms with Crippen molar-refractivity contribution in [3.63, 3.8) is 0 Å². The van der Waals surface area contributed by atoms with Gasteiger partial charge in [0, 0.05) is 25.7 Å². The minimum atomic E-state index is -4.31. The topological polar surface area (TPSA) is 123 Å². The number of ether oxygens (including phenoxy) is 1. The summed E-state index contributed by atoms with van der Waals surface area (Å²) < 4.78 is 41.3. The summed E-state index contributed by atoms with van der Waals surface area (Å²) in [6.07, 6.45) is 2.99. The lowest BCUT2D eigenvalue weighted by Gasteiger charge is -2.54. The summed E-state index contributed by atoms with van der Waals surface area (Å²) >= 11 is 0. The Bertz CT molecular complexity index is 1460. The van der Waals surface area contributed by atoms with E-state index in [1.807, 2.05) is 30.3 Å². The zero-order valence-electron chi connectivity index (χ0n) is 20.5.